The zero-order chi connectivity index (χ0) is 15.6. The zero-order valence-corrected chi connectivity index (χ0v) is 14.5. The Labute approximate surface area is 132 Å². The molecule has 0 fully saturated rings. The lowest BCUT2D eigenvalue weighted by Gasteiger charge is -2.36. The first-order chi connectivity index (χ1) is 10.1. The Hall–Kier alpha value is -0.820. The maximum absolute atomic E-state index is 6.17. The minimum atomic E-state index is -0.153. The summed E-state index contributed by atoms with van der Waals surface area (Å²) < 4.78 is 6.17. The van der Waals surface area contributed by atoms with Gasteiger partial charge in [0.05, 0.1) is 5.60 Å². The quantitative estimate of drug-likeness (QED) is 0.433. The molecule has 0 aliphatic carbocycles. The molecule has 0 radical (unpaired) electrons. The van der Waals surface area contributed by atoms with E-state index in [1.165, 1.54) is 50.5 Å². The molecule has 1 nitrogen and oxygen atoms in total. The van der Waals surface area contributed by atoms with Crippen molar-refractivity contribution in [2.24, 2.45) is 5.92 Å². The molecule has 1 heteroatoms. The molecule has 1 aromatic carbocycles. The molecular weight excluding hydrogens is 256 g/mol. The van der Waals surface area contributed by atoms with Gasteiger partial charge >= 0.3 is 0 Å². The summed E-state index contributed by atoms with van der Waals surface area (Å²) in [5, 5.41) is 0. The van der Waals surface area contributed by atoms with Crippen LogP contribution in [0.15, 0.2) is 30.3 Å². The minimum absolute atomic E-state index is 0.153. The largest absolute Gasteiger partial charge is 0.371 e. The molecule has 0 heterocycles. The highest BCUT2D eigenvalue weighted by molar-refractivity contribution is 5.22. The monoisotopic (exact) mass is 290 g/mol. The van der Waals surface area contributed by atoms with Gasteiger partial charge in [-0.1, -0.05) is 82.7 Å². The fourth-order valence-electron chi connectivity index (χ4n) is 3.09. The summed E-state index contributed by atoms with van der Waals surface area (Å²) >= 11 is 0. The van der Waals surface area contributed by atoms with Crippen molar-refractivity contribution >= 4 is 0 Å². The normalized spacial score (nSPS) is 15.6. The van der Waals surface area contributed by atoms with Crippen molar-refractivity contribution in [1.29, 1.82) is 0 Å². The molecule has 0 aromatic heterocycles. The molecule has 120 valence electrons. The molecule has 0 aliphatic heterocycles. The van der Waals surface area contributed by atoms with Crippen LogP contribution in [-0.4, -0.2) is 6.61 Å². The lowest BCUT2D eigenvalue weighted by molar-refractivity contribution is -0.0722. The van der Waals surface area contributed by atoms with E-state index in [-0.39, 0.29) is 5.60 Å². The van der Waals surface area contributed by atoms with Crippen LogP contribution in [0.5, 0.6) is 0 Å². The molecule has 0 bridgehead atoms. The van der Waals surface area contributed by atoms with Crippen LogP contribution < -0.4 is 0 Å². The maximum Gasteiger partial charge on any atom is 0.0928 e. The van der Waals surface area contributed by atoms with Gasteiger partial charge in [0.1, 0.15) is 0 Å². The summed E-state index contributed by atoms with van der Waals surface area (Å²) in [5.74, 6) is 0.547. The van der Waals surface area contributed by atoms with Crippen molar-refractivity contribution in [2.75, 3.05) is 6.61 Å². The summed E-state index contributed by atoms with van der Waals surface area (Å²) in [6.07, 6.45) is 9.42. The number of rotatable bonds is 11. The SMILES string of the molecule is CCCCCCCCC(C)C(C)(OCC)c1ccccc1. The molecule has 2 atom stereocenters. The third-order valence-corrected chi connectivity index (χ3v) is 4.72. The van der Waals surface area contributed by atoms with Crippen molar-refractivity contribution in [3.05, 3.63) is 35.9 Å². The number of benzene rings is 1. The first-order valence-corrected chi connectivity index (χ1v) is 8.84. The van der Waals surface area contributed by atoms with E-state index >= 15 is 0 Å². The van der Waals surface area contributed by atoms with Gasteiger partial charge in [-0.25, -0.2) is 0 Å². The second kappa shape index (κ2) is 10.00. The van der Waals surface area contributed by atoms with Gasteiger partial charge in [-0.15, -0.1) is 0 Å². The molecular formula is C20H34O. The van der Waals surface area contributed by atoms with Crippen molar-refractivity contribution in [3.8, 4) is 0 Å². The van der Waals surface area contributed by atoms with Crippen molar-refractivity contribution in [1.82, 2.24) is 0 Å². The van der Waals surface area contributed by atoms with E-state index in [9.17, 15) is 0 Å². The first kappa shape index (κ1) is 18.2. The summed E-state index contributed by atoms with van der Waals surface area (Å²) in [5.41, 5.74) is 1.16. The smallest absolute Gasteiger partial charge is 0.0928 e. The van der Waals surface area contributed by atoms with Gasteiger partial charge in [0, 0.05) is 6.61 Å². The Morgan fingerprint density at radius 3 is 2.19 bits per heavy atom. The topological polar surface area (TPSA) is 9.23 Å². The average Bonchev–Trinajstić information content (AvgIpc) is 2.51. The second-order valence-electron chi connectivity index (χ2n) is 6.36. The molecule has 0 N–H and O–H groups in total. The van der Waals surface area contributed by atoms with Crippen LogP contribution in [0.25, 0.3) is 0 Å². The van der Waals surface area contributed by atoms with Gasteiger partial charge in [0.2, 0.25) is 0 Å². The van der Waals surface area contributed by atoms with Crippen molar-refractivity contribution in [2.45, 2.75) is 78.2 Å². The van der Waals surface area contributed by atoms with Gasteiger partial charge in [-0.05, 0) is 31.7 Å². The van der Waals surface area contributed by atoms with Crippen LogP contribution in [0.2, 0.25) is 0 Å². The lowest BCUT2D eigenvalue weighted by Crippen LogP contribution is -2.33. The standard InChI is InChI=1S/C20H34O/c1-5-7-8-9-10-12-15-18(3)20(4,21-6-2)19-16-13-11-14-17-19/h11,13-14,16-18H,5-10,12,15H2,1-4H3. The van der Waals surface area contributed by atoms with Crippen LogP contribution in [0.4, 0.5) is 0 Å². The van der Waals surface area contributed by atoms with Crippen LogP contribution in [0, 0.1) is 5.92 Å². The Morgan fingerprint density at radius 1 is 0.952 bits per heavy atom. The second-order valence-corrected chi connectivity index (χ2v) is 6.36. The Morgan fingerprint density at radius 2 is 1.57 bits per heavy atom. The van der Waals surface area contributed by atoms with E-state index in [2.05, 4.69) is 58.0 Å². The van der Waals surface area contributed by atoms with Crippen LogP contribution >= 0.6 is 0 Å². The van der Waals surface area contributed by atoms with E-state index in [0.717, 1.165) is 6.61 Å². The van der Waals surface area contributed by atoms with E-state index in [0.29, 0.717) is 5.92 Å². The predicted octanol–water partition coefficient (Wildman–Crippen LogP) is 6.33. The van der Waals surface area contributed by atoms with Crippen molar-refractivity contribution in [3.63, 3.8) is 0 Å². The summed E-state index contributed by atoms with van der Waals surface area (Å²) in [4.78, 5) is 0. The maximum atomic E-state index is 6.17. The average molecular weight is 290 g/mol. The summed E-state index contributed by atoms with van der Waals surface area (Å²) in [6.45, 7) is 9.74. The molecule has 1 aromatic rings. The number of hydrogen-bond acceptors (Lipinski definition) is 1. The van der Waals surface area contributed by atoms with E-state index in [1.807, 2.05) is 0 Å². The summed E-state index contributed by atoms with van der Waals surface area (Å²) in [6, 6.07) is 10.7. The summed E-state index contributed by atoms with van der Waals surface area (Å²) in [7, 11) is 0. The van der Waals surface area contributed by atoms with Crippen LogP contribution in [-0.2, 0) is 10.3 Å². The molecule has 0 amide bonds. The lowest BCUT2D eigenvalue weighted by atomic mass is 9.80. The van der Waals surface area contributed by atoms with Crippen LogP contribution in [0.1, 0.15) is 78.2 Å². The zero-order valence-electron chi connectivity index (χ0n) is 14.5. The molecule has 0 saturated carbocycles. The van der Waals surface area contributed by atoms with Gasteiger partial charge in [-0.3, -0.25) is 0 Å². The molecule has 1 rings (SSSR count). The van der Waals surface area contributed by atoms with Gasteiger partial charge in [-0.2, -0.15) is 0 Å². The Balaban J connectivity index is 2.51. The van der Waals surface area contributed by atoms with E-state index in [4.69, 9.17) is 4.74 Å². The predicted molar refractivity (Wildman–Crippen MR) is 92.6 cm³/mol. The highest BCUT2D eigenvalue weighted by Gasteiger charge is 2.33. The highest BCUT2D eigenvalue weighted by atomic mass is 16.5. The van der Waals surface area contributed by atoms with Crippen molar-refractivity contribution < 1.29 is 4.74 Å². The molecule has 0 aliphatic rings. The van der Waals surface area contributed by atoms with E-state index in [1.54, 1.807) is 0 Å². The van der Waals surface area contributed by atoms with E-state index < -0.39 is 0 Å². The van der Waals surface area contributed by atoms with Gasteiger partial charge in [0.25, 0.3) is 0 Å². The third kappa shape index (κ3) is 5.82. The minimum Gasteiger partial charge on any atom is -0.371 e. The first-order valence-electron chi connectivity index (χ1n) is 8.84. The Kier molecular flexibility index (Phi) is 8.68. The molecule has 0 spiro atoms. The number of unbranched alkanes of at least 4 members (excludes halogenated alkanes) is 5. The fraction of sp³-hybridized carbons (Fsp3) is 0.700. The molecule has 2 unspecified atom stereocenters. The number of ether oxygens (including phenoxy) is 1. The highest BCUT2D eigenvalue weighted by Crippen LogP contribution is 2.36. The molecule has 0 saturated heterocycles. The van der Waals surface area contributed by atoms with Gasteiger partial charge < -0.3 is 4.74 Å². The molecule has 21 heavy (non-hydrogen) atoms. The van der Waals surface area contributed by atoms with Crippen LogP contribution in [0.3, 0.4) is 0 Å². The number of hydrogen-bond donors (Lipinski definition) is 0. The Bertz CT molecular complexity index is 359. The third-order valence-electron chi connectivity index (χ3n) is 4.72. The van der Waals surface area contributed by atoms with Gasteiger partial charge in [0.15, 0.2) is 0 Å². The fourth-order valence-corrected chi connectivity index (χ4v) is 3.09.